The van der Waals surface area contributed by atoms with E-state index in [0.29, 0.717) is 18.3 Å². The SMILES string of the molecule is CCCCCS(=O)(=O)CCNC(C)C. The first-order valence-electron chi connectivity index (χ1n) is 5.41. The first kappa shape index (κ1) is 13.9. The van der Waals surface area contributed by atoms with Crippen LogP contribution >= 0.6 is 0 Å². The number of sulfone groups is 1. The van der Waals surface area contributed by atoms with E-state index >= 15 is 0 Å². The molecule has 4 heteroatoms. The molecule has 0 bridgehead atoms. The van der Waals surface area contributed by atoms with E-state index in [1.54, 1.807) is 0 Å². The maximum absolute atomic E-state index is 11.4. The molecule has 0 aromatic rings. The van der Waals surface area contributed by atoms with Crippen molar-refractivity contribution >= 4 is 9.84 Å². The minimum Gasteiger partial charge on any atom is -0.314 e. The van der Waals surface area contributed by atoms with Gasteiger partial charge in [0.2, 0.25) is 0 Å². The molecule has 0 amide bonds. The second-order valence-electron chi connectivity index (χ2n) is 3.97. The molecule has 0 rings (SSSR count). The summed E-state index contributed by atoms with van der Waals surface area (Å²) >= 11 is 0. The lowest BCUT2D eigenvalue weighted by atomic mass is 10.3. The minimum absolute atomic E-state index is 0.273. The number of unbranched alkanes of at least 4 members (excludes halogenated alkanes) is 2. The molecular formula is C10H23NO2S. The predicted molar refractivity (Wildman–Crippen MR) is 61.3 cm³/mol. The third-order valence-electron chi connectivity index (χ3n) is 2.02. The van der Waals surface area contributed by atoms with Gasteiger partial charge >= 0.3 is 0 Å². The molecule has 0 saturated carbocycles. The second-order valence-corrected chi connectivity index (χ2v) is 6.27. The van der Waals surface area contributed by atoms with Crippen molar-refractivity contribution in [2.45, 2.75) is 46.1 Å². The van der Waals surface area contributed by atoms with Gasteiger partial charge in [0.1, 0.15) is 0 Å². The highest BCUT2D eigenvalue weighted by atomic mass is 32.2. The van der Waals surface area contributed by atoms with Gasteiger partial charge in [-0.15, -0.1) is 0 Å². The maximum Gasteiger partial charge on any atom is 0.151 e. The first-order chi connectivity index (χ1) is 6.48. The largest absolute Gasteiger partial charge is 0.314 e. The molecular weight excluding hydrogens is 198 g/mol. The van der Waals surface area contributed by atoms with Crippen molar-refractivity contribution < 1.29 is 8.42 Å². The average Bonchev–Trinajstić information content (AvgIpc) is 2.03. The van der Waals surface area contributed by atoms with Crippen molar-refractivity contribution in [1.29, 1.82) is 0 Å². The zero-order valence-electron chi connectivity index (χ0n) is 9.54. The fraction of sp³-hybridized carbons (Fsp3) is 1.00. The average molecular weight is 221 g/mol. The van der Waals surface area contributed by atoms with Crippen LogP contribution in [-0.2, 0) is 9.84 Å². The minimum atomic E-state index is -2.81. The molecule has 0 saturated heterocycles. The summed E-state index contributed by atoms with van der Waals surface area (Å²) in [4.78, 5) is 0. The van der Waals surface area contributed by atoms with E-state index in [0.717, 1.165) is 19.3 Å². The highest BCUT2D eigenvalue weighted by molar-refractivity contribution is 7.91. The molecule has 86 valence electrons. The molecule has 0 spiro atoms. The van der Waals surface area contributed by atoms with Crippen LogP contribution in [0.25, 0.3) is 0 Å². The van der Waals surface area contributed by atoms with Crippen LogP contribution in [0.3, 0.4) is 0 Å². The number of hydrogen-bond donors (Lipinski definition) is 1. The van der Waals surface area contributed by atoms with E-state index in [-0.39, 0.29) is 5.75 Å². The lowest BCUT2D eigenvalue weighted by Gasteiger charge is -2.08. The maximum atomic E-state index is 11.4. The van der Waals surface area contributed by atoms with Crippen molar-refractivity contribution in [1.82, 2.24) is 5.32 Å². The molecule has 14 heavy (non-hydrogen) atoms. The van der Waals surface area contributed by atoms with E-state index in [2.05, 4.69) is 12.2 Å². The summed E-state index contributed by atoms with van der Waals surface area (Å²) in [6.45, 7) is 6.69. The van der Waals surface area contributed by atoms with Crippen molar-refractivity contribution in [2.75, 3.05) is 18.1 Å². The summed E-state index contributed by atoms with van der Waals surface area (Å²) in [5.74, 6) is 0.621. The molecule has 0 unspecified atom stereocenters. The van der Waals surface area contributed by atoms with Gasteiger partial charge in [-0.3, -0.25) is 0 Å². The summed E-state index contributed by atoms with van der Waals surface area (Å²) in [5, 5.41) is 3.11. The lowest BCUT2D eigenvalue weighted by Crippen LogP contribution is -2.29. The Morgan fingerprint density at radius 3 is 2.29 bits per heavy atom. The summed E-state index contributed by atoms with van der Waals surface area (Å²) < 4.78 is 22.9. The van der Waals surface area contributed by atoms with Gasteiger partial charge in [-0.25, -0.2) is 8.42 Å². The zero-order chi connectivity index (χ0) is 11.0. The first-order valence-corrected chi connectivity index (χ1v) is 7.24. The Morgan fingerprint density at radius 1 is 1.14 bits per heavy atom. The molecule has 0 fully saturated rings. The third kappa shape index (κ3) is 8.51. The van der Waals surface area contributed by atoms with Crippen LogP contribution in [0.1, 0.15) is 40.0 Å². The number of hydrogen-bond acceptors (Lipinski definition) is 3. The quantitative estimate of drug-likeness (QED) is 0.633. The summed E-state index contributed by atoms with van der Waals surface area (Å²) in [5.41, 5.74) is 0. The highest BCUT2D eigenvalue weighted by Crippen LogP contribution is 1.99. The Morgan fingerprint density at radius 2 is 1.79 bits per heavy atom. The van der Waals surface area contributed by atoms with Crippen molar-refractivity contribution in [3.63, 3.8) is 0 Å². The Bertz CT molecular complexity index is 222. The van der Waals surface area contributed by atoms with Crippen LogP contribution in [-0.4, -0.2) is 32.5 Å². The van der Waals surface area contributed by atoms with E-state index in [1.807, 2.05) is 13.8 Å². The van der Waals surface area contributed by atoms with E-state index in [9.17, 15) is 8.42 Å². The number of rotatable bonds is 8. The molecule has 0 aromatic carbocycles. The van der Waals surface area contributed by atoms with E-state index < -0.39 is 9.84 Å². The molecule has 0 aromatic heterocycles. The standard InChI is InChI=1S/C10H23NO2S/c1-4-5-6-8-14(12,13)9-7-11-10(2)3/h10-11H,4-9H2,1-3H3. The van der Waals surface area contributed by atoms with Crippen LogP contribution in [0.4, 0.5) is 0 Å². The van der Waals surface area contributed by atoms with Crippen molar-refractivity contribution in [3.8, 4) is 0 Å². The van der Waals surface area contributed by atoms with Gasteiger partial charge in [-0.2, -0.15) is 0 Å². The zero-order valence-corrected chi connectivity index (χ0v) is 10.4. The summed E-state index contributed by atoms with van der Waals surface area (Å²) in [6, 6.07) is 0.362. The normalized spacial score (nSPS) is 12.3. The predicted octanol–water partition coefficient (Wildman–Crippen LogP) is 1.59. The monoisotopic (exact) mass is 221 g/mol. The van der Waals surface area contributed by atoms with Crippen LogP contribution in [0.2, 0.25) is 0 Å². The van der Waals surface area contributed by atoms with Crippen molar-refractivity contribution in [3.05, 3.63) is 0 Å². The highest BCUT2D eigenvalue weighted by Gasteiger charge is 2.09. The fourth-order valence-electron chi connectivity index (χ4n) is 1.18. The van der Waals surface area contributed by atoms with Crippen molar-refractivity contribution in [2.24, 2.45) is 0 Å². The van der Waals surface area contributed by atoms with Crippen LogP contribution in [0.15, 0.2) is 0 Å². The molecule has 0 aliphatic rings. The Hall–Kier alpha value is -0.0900. The van der Waals surface area contributed by atoms with Gasteiger partial charge in [0.25, 0.3) is 0 Å². The molecule has 1 N–H and O–H groups in total. The van der Waals surface area contributed by atoms with Gasteiger partial charge in [0.15, 0.2) is 9.84 Å². The molecule has 0 radical (unpaired) electrons. The summed E-state index contributed by atoms with van der Waals surface area (Å²) in [7, 11) is -2.81. The second kappa shape index (κ2) is 7.23. The van der Waals surface area contributed by atoms with E-state index in [4.69, 9.17) is 0 Å². The third-order valence-corrected chi connectivity index (χ3v) is 3.76. The molecule has 0 heterocycles. The molecule has 0 atom stereocenters. The summed E-state index contributed by atoms with van der Waals surface area (Å²) in [6.07, 6.45) is 2.89. The van der Waals surface area contributed by atoms with E-state index in [1.165, 1.54) is 0 Å². The Balaban J connectivity index is 3.62. The topological polar surface area (TPSA) is 46.2 Å². The Labute approximate surface area is 88.2 Å². The Kier molecular flexibility index (Phi) is 7.19. The van der Waals surface area contributed by atoms with Gasteiger partial charge in [-0.05, 0) is 6.42 Å². The van der Waals surface area contributed by atoms with Crippen LogP contribution < -0.4 is 5.32 Å². The molecule has 3 nitrogen and oxygen atoms in total. The molecule has 0 aliphatic heterocycles. The lowest BCUT2D eigenvalue weighted by molar-refractivity contribution is 0.574. The van der Waals surface area contributed by atoms with Crippen LogP contribution in [0.5, 0.6) is 0 Å². The smallest absolute Gasteiger partial charge is 0.151 e. The van der Waals surface area contributed by atoms with Gasteiger partial charge in [0, 0.05) is 12.6 Å². The van der Waals surface area contributed by atoms with Crippen LogP contribution in [0, 0.1) is 0 Å². The van der Waals surface area contributed by atoms with Gasteiger partial charge in [-0.1, -0.05) is 33.6 Å². The fourth-order valence-corrected chi connectivity index (χ4v) is 2.45. The molecule has 0 aliphatic carbocycles. The van der Waals surface area contributed by atoms with Gasteiger partial charge in [0.05, 0.1) is 11.5 Å². The van der Waals surface area contributed by atoms with Gasteiger partial charge < -0.3 is 5.32 Å². The number of nitrogens with one attached hydrogen (secondary N) is 1.